The molecule has 2 aliphatic rings. The third-order valence-electron chi connectivity index (χ3n) is 6.56. The predicted octanol–water partition coefficient (Wildman–Crippen LogP) is 3.60. The fraction of sp³-hybridized carbons (Fsp3) is 0.520. The molecule has 0 bridgehead atoms. The van der Waals surface area contributed by atoms with Gasteiger partial charge in [-0.05, 0) is 56.4 Å². The van der Waals surface area contributed by atoms with Gasteiger partial charge in [0, 0.05) is 44.8 Å². The Hall–Kier alpha value is -2.96. The van der Waals surface area contributed by atoms with Crippen LogP contribution in [0.3, 0.4) is 0 Å². The molecular formula is C25H30ClFN6O2. The van der Waals surface area contributed by atoms with E-state index in [0.29, 0.717) is 28.5 Å². The van der Waals surface area contributed by atoms with E-state index in [1.807, 2.05) is 12.1 Å². The monoisotopic (exact) mass is 500 g/mol. The number of hydrogen-bond acceptors (Lipinski definition) is 7. The van der Waals surface area contributed by atoms with Crippen LogP contribution in [0.2, 0.25) is 5.02 Å². The van der Waals surface area contributed by atoms with Crippen LogP contribution in [0.4, 0.5) is 10.2 Å². The zero-order valence-corrected chi connectivity index (χ0v) is 20.4. The molecule has 1 aliphatic carbocycles. The van der Waals surface area contributed by atoms with E-state index in [4.69, 9.17) is 21.6 Å². The largest absolute Gasteiger partial charge is 0.490 e. The minimum atomic E-state index is -0.279. The number of hydrogen-bond donors (Lipinski definition) is 1. The fourth-order valence-corrected chi connectivity index (χ4v) is 4.75. The lowest BCUT2D eigenvalue weighted by atomic mass is 9.93. The summed E-state index contributed by atoms with van der Waals surface area (Å²) in [4.78, 5) is 17.1. The molecule has 2 fully saturated rings. The van der Waals surface area contributed by atoms with Gasteiger partial charge in [-0.2, -0.15) is 5.26 Å². The summed E-state index contributed by atoms with van der Waals surface area (Å²) in [6.07, 6.45) is 3.85. The number of anilines is 1. The summed E-state index contributed by atoms with van der Waals surface area (Å²) < 4.78 is 18.4. The molecule has 1 aliphatic heterocycles. The molecule has 0 unspecified atom stereocenters. The third-order valence-corrected chi connectivity index (χ3v) is 6.87. The van der Waals surface area contributed by atoms with Crippen LogP contribution >= 0.6 is 11.6 Å². The summed E-state index contributed by atoms with van der Waals surface area (Å²) in [5.74, 6) is 1.19. The van der Waals surface area contributed by atoms with Gasteiger partial charge in [-0.1, -0.05) is 11.6 Å². The number of benzene rings is 1. The highest BCUT2D eigenvalue weighted by atomic mass is 35.5. The molecule has 10 heteroatoms. The highest BCUT2D eigenvalue weighted by Crippen LogP contribution is 2.27. The molecule has 0 spiro atoms. The summed E-state index contributed by atoms with van der Waals surface area (Å²) in [5.41, 5.74) is 0.732. The lowest BCUT2D eigenvalue weighted by molar-refractivity contribution is 0.0888. The molecule has 35 heavy (non-hydrogen) atoms. The number of halogens is 2. The first-order chi connectivity index (χ1) is 17.1. The van der Waals surface area contributed by atoms with Crippen molar-refractivity contribution in [1.29, 1.82) is 5.26 Å². The SMILES string of the molecule is N#Cc1ccc(OC2CCC(NC(=O)c3ccc(N4CCN(CCCF)CC4)nn3)CC2)cc1Cl. The molecule has 1 saturated heterocycles. The first-order valence-electron chi connectivity index (χ1n) is 12.1. The molecule has 0 radical (unpaired) electrons. The molecule has 1 aromatic heterocycles. The summed E-state index contributed by atoms with van der Waals surface area (Å²) in [6, 6.07) is 10.7. The van der Waals surface area contributed by atoms with Crippen LogP contribution in [0.25, 0.3) is 0 Å². The van der Waals surface area contributed by atoms with E-state index in [1.165, 1.54) is 0 Å². The molecule has 1 N–H and O–H groups in total. The lowest BCUT2D eigenvalue weighted by Gasteiger charge is -2.35. The molecule has 0 atom stereocenters. The summed E-state index contributed by atoms with van der Waals surface area (Å²) >= 11 is 6.09. The number of aromatic nitrogens is 2. The average molecular weight is 501 g/mol. The van der Waals surface area contributed by atoms with Crippen molar-refractivity contribution in [2.24, 2.45) is 0 Å². The Labute approximate surface area is 210 Å². The maximum atomic E-state index is 12.7. The van der Waals surface area contributed by atoms with Crippen LogP contribution in [-0.4, -0.2) is 72.5 Å². The highest BCUT2D eigenvalue weighted by Gasteiger charge is 2.25. The maximum Gasteiger partial charge on any atom is 0.272 e. The minimum Gasteiger partial charge on any atom is -0.490 e. The first kappa shape index (κ1) is 25.1. The van der Waals surface area contributed by atoms with Crippen molar-refractivity contribution in [3.8, 4) is 11.8 Å². The van der Waals surface area contributed by atoms with E-state index in [2.05, 4.69) is 25.3 Å². The number of carbonyl (C=O) groups excluding carboxylic acids is 1. The highest BCUT2D eigenvalue weighted by molar-refractivity contribution is 6.31. The van der Waals surface area contributed by atoms with Gasteiger partial charge < -0.3 is 15.0 Å². The van der Waals surface area contributed by atoms with Crippen molar-refractivity contribution in [1.82, 2.24) is 20.4 Å². The zero-order valence-electron chi connectivity index (χ0n) is 19.6. The van der Waals surface area contributed by atoms with Gasteiger partial charge in [0.2, 0.25) is 0 Å². The number of nitrogens with one attached hydrogen (secondary N) is 1. The van der Waals surface area contributed by atoms with Gasteiger partial charge in [0.1, 0.15) is 11.8 Å². The fourth-order valence-electron chi connectivity index (χ4n) is 4.54. The molecule has 2 heterocycles. The van der Waals surface area contributed by atoms with Crippen molar-refractivity contribution in [3.63, 3.8) is 0 Å². The molecule has 2 aromatic rings. The molecule has 186 valence electrons. The van der Waals surface area contributed by atoms with E-state index in [0.717, 1.165) is 64.2 Å². The summed E-state index contributed by atoms with van der Waals surface area (Å²) in [7, 11) is 0. The van der Waals surface area contributed by atoms with E-state index >= 15 is 0 Å². The van der Waals surface area contributed by atoms with Crippen molar-refractivity contribution < 1.29 is 13.9 Å². The Morgan fingerprint density at radius 2 is 1.91 bits per heavy atom. The number of nitriles is 1. The predicted molar refractivity (Wildman–Crippen MR) is 132 cm³/mol. The number of amides is 1. The normalized spacial score (nSPS) is 20.8. The van der Waals surface area contributed by atoms with E-state index in [1.54, 1.807) is 24.3 Å². The molecule has 8 nitrogen and oxygen atoms in total. The standard InChI is InChI=1S/C25H30ClFN6O2/c26-22-16-21(5-2-18(22)17-28)35-20-6-3-19(4-7-20)29-25(34)23-8-9-24(31-30-23)33-14-12-32(13-15-33)11-1-10-27/h2,5,8-9,16,19-20H,1,3-4,6-7,10-15H2,(H,29,34). The third kappa shape index (κ3) is 6.80. The number of piperazine rings is 1. The van der Waals surface area contributed by atoms with Crippen molar-refractivity contribution in [2.75, 3.05) is 44.3 Å². The first-order valence-corrected chi connectivity index (χ1v) is 12.5. The van der Waals surface area contributed by atoms with Crippen LogP contribution in [0.1, 0.15) is 48.2 Å². The van der Waals surface area contributed by atoms with Gasteiger partial charge in [0.25, 0.3) is 5.91 Å². The number of nitrogens with zero attached hydrogens (tertiary/aromatic N) is 5. The maximum absolute atomic E-state index is 12.7. The summed E-state index contributed by atoms with van der Waals surface area (Å²) in [6.45, 7) is 3.87. The van der Waals surface area contributed by atoms with Crippen molar-refractivity contribution in [3.05, 3.63) is 46.6 Å². The van der Waals surface area contributed by atoms with Crippen LogP contribution in [0.15, 0.2) is 30.3 Å². The molecule has 1 aromatic carbocycles. The van der Waals surface area contributed by atoms with E-state index in [-0.39, 0.29) is 24.7 Å². The second kappa shape index (κ2) is 12.1. The van der Waals surface area contributed by atoms with Gasteiger partial charge in [-0.25, -0.2) is 0 Å². The van der Waals surface area contributed by atoms with Gasteiger partial charge >= 0.3 is 0 Å². The second-order valence-electron chi connectivity index (χ2n) is 8.97. The Morgan fingerprint density at radius 1 is 1.14 bits per heavy atom. The lowest BCUT2D eigenvalue weighted by Crippen LogP contribution is -2.47. The van der Waals surface area contributed by atoms with Crippen molar-refractivity contribution >= 4 is 23.3 Å². The Kier molecular flexibility index (Phi) is 8.72. The van der Waals surface area contributed by atoms with Crippen LogP contribution < -0.4 is 15.0 Å². The number of alkyl halides is 1. The number of carbonyl (C=O) groups is 1. The average Bonchev–Trinajstić information content (AvgIpc) is 2.89. The number of ether oxygens (including phenoxy) is 1. The van der Waals surface area contributed by atoms with Crippen LogP contribution in [-0.2, 0) is 0 Å². The van der Waals surface area contributed by atoms with Crippen LogP contribution in [0, 0.1) is 11.3 Å². The van der Waals surface area contributed by atoms with E-state index in [9.17, 15) is 9.18 Å². The molecule has 1 amide bonds. The zero-order chi connectivity index (χ0) is 24.6. The van der Waals surface area contributed by atoms with Gasteiger partial charge in [0.15, 0.2) is 11.5 Å². The Morgan fingerprint density at radius 3 is 2.54 bits per heavy atom. The Bertz CT molecular complexity index is 1030. The van der Waals surface area contributed by atoms with E-state index < -0.39 is 0 Å². The smallest absolute Gasteiger partial charge is 0.272 e. The van der Waals surface area contributed by atoms with Gasteiger partial charge in [-0.3, -0.25) is 14.1 Å². The summed E-state index contributed by atoms with van der Waals surface area (Å²) in [5, 5.41) is 20.9. The molecule has 4 rings (SSSR count). The van der Waals surface area contributed by atoms with Gasteiger partial charge in [-0.15, -0.1) is 10.2 Å². The molecule has 1 saturated carbocycles. The number of rotatable bonds is 8. The minimum absolute atomic E-state index is 0.0451. The van der Waals surface area contributed by atoms with Crippen LogP contribution in [0.5, 0.6) is 5.75 Å². The Balaban J connectivity index is 1.21. The van der Waals surface area contributed by atoms with Crippen molar-refractivity contribution in [2.45, 2.75) is 44.2 Å². The quantitative estimate of drug-likeness (QED) is 0.591. The second-order valence-corrected chi connectivity index (χ2v) is 9.37. The molecular weight excluding hydrogens is 471 g/mol. The topological polar surface area (TPSA) is 94.4 Å². The van der Waals surface area contributed by atoms with Gasteiger partial charge in [0.05, 0.1) is 23.4 Å².